The first kappa shape index (κ1) is 30.9. The molecule has 0 atom stereocenters. The van der Waals surface area contributed by atoms with Gasteiger partial charge in [-0.25, -0.2) is 4.79 Å². The van der Waals surface area contributed by atoms with Gasteiger partial charge < -0.3 is 40.2 Å². The lowest BCUT2D eigenvalue weighted by Gasteiger charge is -2.19. The van der Waals surface area contributed by atoms with E-state index in [1.807, 2.05) is 0 Å². The maximum atomic E-state index is 12.8. The molecule has 214 valence electrons. The second-order valence-corrected chi connectivity index (χ2v) is 10.1. The average Bonchev–Trinajstić information content (AvgIpc) is 3.35. The molecule has 0 aromatic carbocycles. The minimum atomic E-state index is -0.965. The van der Waals surface area contributed by atoms with Crippen molar-refractivity contribution in [2.24, 2.45) is 14.1 Å². The van der Waals surface area contributed by atoms with E-state index >= 15 is 0 Å². The molecule has 5 N–H and O–H groups in total. The number of alkyl carbamates (subject to hydrolysis) is 1. The molecular weight excluding hydrogens is 508 g/mol. The van der Waals surface area contributed by atoms with Gasteiger partial charge >= 0.3 is 12.1 Å². The Balaban J connectivity index is 1.82. The van der Waals surface area contributed by atoms with Crippen LogP contribution in [-0.4, -0.2) is 62.7 Å². The molecule has 0 aliphatic carbocycles. The molecule has 0 saturated heterocycles. The van der Waals surface area contributed by atoms with Crippen LogP contribution in [0.2, 0.25) is 0 Å². The van der Waals surface area contributed by atoms with Crippen molar-refractivity contribution in [3.05, 3.63) is 35.9 Å². The van der Waals surface area contributed by atoms with Gasteiger partial charge in [-0.15, -0.1) is 0 Å². The predicted molar refractivity (Wildman–Crippen MR) is 145 cm³/mol. The summed E-state index contributed by atoms with van der Waals surface area (Å²) in [6.45, 7) is 6.21. The molecule has 2 aromatic rings. The van der Waals surface area contributed by atoms with Gasteiger partial charge in [-0.3, -0.25) is 19.2 Å². The van der Waals surface area contributed by atoms with Gasteiger partial charge in [0.05, 0.1) is 11.4 Å². The lowest BCUT2D eigenvalue weighted by Crippen LogP contribution is -2.33. The summed E-state index contributed by atoms with van der Waals surface area (Å²) >= 11 is 0. The van der Waals surface area contributed by atoms with Gasteiger partial charge in [-0.2, -0.15) is 0 Å². The standard InChI is InChI=1S/C26H38N6O7/c1-26(2,3)39-25(38)28-12-7-6-11-27-23(36)19-14-18(16-31(19)4)30-24(37)20-13-17(15-32(20)5)29-21(33)9-8-10-22(34)35/h13-16H,6-12H2,1-5H3,(H,27,36)(H,28,38)(H,29,33)(H,30,37)(H,34,35). The number of anilines is 2. The second-order valence-electron chi connectivity index (χ2n) is 10.1. The average molecular weight is 547 g/mol. The quantitative estimate of drug-likeness (QED) is 0.240. The zero-order valence-corrected chi connectivity index (χ0v) is 23.1. The smallest absolute Gasteiger partial charge is 0.407 e. The van der Waals surface area contributed by atoms with Gasteiger partial charge in [0.1, 0.15) is 17.0 Å². The third kappa shape index (κ3) is 10.9. The summed E-state index contributed by atoms with van der Waals surface area (Å²) in [5.41, 5.74) is 0.925. The second kappa shape index (κ2) is 14.0. The summed E-state index contributed by atoms with van der Waals surface area (Å²) in [6.07, 6.45) is 4.21. The van der Waals surface area contributed by atoms with Crippen LogP contribution >= 0.6 is 0 Å². The van der Waals surface area contributed by atoms with Crippen LogP contribution in [0.25, 0.3) is 0 Å². The van der Waals surface area contributed by atoms with Crippen LogP contribution in [0.15, 0.2) is 24.5 Å². The Morgan fingerprint density at radius 3 is 1.90 bits per heavy atom. The van der Waals surface area contributed by atoms with Crippen molar-refractivity contribution in [2.45, 2.75) is 58.5 Å². The summed E-state index contributed by atoms with van der Waals surface area (Å²) in [5, 5.41) is 19.6. The van der Waals surface area contributed by atoms with Crippen molar-refractivity contribution < 1.29 is 33.8 Å². The van der Waals surface area contributed by atoms with Gasteiger partial charge in [-0.05, 0) is 52.2 Å². The van der Waals surface area contributed by atoms with Gasteiger partial charge in [-0.1, -0.05) is 0 Å². The molecule has 0 fully saturated rings. The maximum absolute atomic E-state index is 12.8. The number of carboxylic acids is 1. The van der Waals surface area contributed by atoms with E-state index in [0.717, 1.165) is 0 Å². The number of carbonyl (C=O) groups excluding carboxylic acids is 4. The fourth-order valence-corrected chi connectivity index (χ4v) is 3.58. The van der Waals surface area contributed by atoms with Crippen molar-refractivity contribution in [2.75, 3.05) is 23.7 Å². The van der Waals surface area contributed by atoms with E-state index in [0.29, 0.717) is 43.0 Å². The zero-order valence-electron chi connectivity index (χ0n) is 23.1. The molecule has 2 aromatic heterocycles. The molecule has 0 saturated carbocycles. The van der Waals surface area contributed by atoms with E-state index < -0.39 is 23.6 Å². The molecule has 39 heavy (non-hydrogen) atoms. The molecule has 13 nitrogen and oxygen atoms in total. The lowest BCUT2D eigenvalue weighted by atomic mass is 10.2. The number of amides is 4. The highest BCUT2D eigenvalue weighted by atomic mass is 16.6. The van der Waals surface area contributed by atoms with Crippen LogP contribution < -0.4 is 21.3 Å². The largest absolute Gasteiger partial charge is 0.481 e. The van der Waals surface area contributed by atoms with Crippen LogP contribution in [0.4, 0.5) is 16.2 Å². The fourth-order valence-electron chi connectivity index (χ4n) is 3.58. The van der Waals surface area contributed by atoms with E-state index in [-0.39, 0.29) is 36.8 Å². The first-order valence-corrected chi connectivity index (χ1v) is 12.7. The predicted octanol–water partition coefficient (Wildman–Crippen LogP) is 2.84. The Hall–Kier alpha value is -4.29. The van der Waals surface area contributed by atoms with Crippen LogP contribution in [0.3, 0.4) is 0 Å². The fraction of sp³-hybridized carbons (Fsp3) is 0.500. The highest BCUT2D eigenvalue weighted by Gasteiger charge is 2.18. The molecule has 2 heterocycles. The molecule has 0 spiro atoms. The molecule has 4 amide bonds. The molecular formula is C26H38N6O7. The minimum absolute atomic E-state index is 0.0561. The summed E-state index contributed by atoms with van der Waals surface area (Å²) in [5.74, 6) is -2.04. The molecule has 0 aliphatic heterocycles. The highest BCUT2D eigenvalue weighted by molar-refractivity contribution is 6.05. The van der Waals surface area contributed by atoms with Crippen molar-refractivity contribution >= 4 is 41.2 Å². The topological polar surface area (TPSA) is 173 Å². The van der Waals surface area contributed by atoms with E-state index in [1.54, 1.807) is 62.5 Å². The molecule has 2 rings (SSSR count). The third-order valence-corrected chi connectivity index (χ3v) is 5.37. The Morgan fingerprint density at radius 1 is 0.795 bits per heavy atom. The highest BCUT2D eigenvalue weighted by Crippen LogP contribution is 2.18. The first-order valence-electron chi connectivity index (χ1n) is 12.7. The Kier molecular flexibility index (Phi) is 11.1. The maximum Gasteiger partial charge on any atom is 0.407 e. The summed E-state index contributed by atoms with van der Waals surface area (Å²) in [4.78, 5) is 59.6. The van der Waals surface area contributed by atoms with E-state index in [2.05, 4.69) is 21.3 Å². The molecule has 0 radical (unpaired) electrons. The van der Waals surface area contributed by atoms with Crippen LogP contribution in [-0.2, 0) is 28.4 Å². The number of carbonyl (C=O) groups is 5. The number of nitrogens with zero attached hydrogens (tertiary/aromatic N) is 2. The summed E-state index contributed by atoms with van der Waals surface area (Å²) in [6, 6.07) is 3.07. The summed E-state index contributed by atoms with van der Waals surface area (Å²) < 4.78 is 8.32. The number of rotatable bonds is 13. The molecule has 0 bridgehead atoms. The van der Waals surface area contributed by atoms with Crippen LogP contribution in [0.1, 0.15) is 73.9 Å². The molecule has 13 heteroatoms. The van der Waals surface area contributed by atoms with E-state index in [1.165, 1.54) is 6.07 Å². The van der Waals surface area contributed by atoms with Gasteiger partial charge in [0.2, 0.25) is 5.91 Å². The van der Waals surface area contributed by atoms with Crippen molar-refractivity contribution in [1.29, 1.82) is 0 Å². The lowest BCUT2D eigenvalue weighted by molar-refractivity contribution is -0.137. The number of carboxylic acid groups (broad SMARTS) is 1. The van der Waals surface area contributed by atoms with Crippen molar-refractivity contribution in [3.8, 4) is 0 Å². The number of unbranched alkanes of at least 4 members (excludes halogenated alkanes) is 1. The Labute approximate surface area is 227 Å². The number of hydrogen-bond acceptors (Lipinski definition) is 6. The van der Waals surface area contributed by atoms with E-state index in [4.69, 9.17) is 9.84 Å². The minimum Gasteiger partial charge on any atom is -0.481 e. The number of ether oxygens (including phenoxy) is 1. The number of aryl methyl sites for hydroxylation is 2. The molecule has 0 aliphatic rings. The SMILES string of the molecule is Cn1cc(NC(=O)c2cc(NC(=O)CCCC(=O)O)cn2C)cc1C(=O)NCCCCNC(=O)OC(C)(C)C. The Morgan fingerprint density at radius 2 is 1.33 bits per heavy atom. The van der Waals surface area contributed by atoms with Crippen LogP contribution in [0, 0.1) is 0 Å². The van der Waals surface area contributed by atoms with Gasteiger partial charge in [0, 0.05) is 52.4 Å². The summed E-state index contributed by atoms with van der Waals surface area (Å²) in [7, 11) is 3.34. The first-order chi connectivity index (χ1) is 18.2. The number of nitrogens with one attached hydrogen (secondary N) is 4. The number of hydrogen-bond donors (Lipinski definition) is 5. The molecule has 0 unspecified atom stereocenters. The zero-order chi connectivity index (χ0) is 29.2. The number of aromatic nitrogens is 2. The van der Waals surface area contributed by atoms with Crippen molar-refractivity contribution in [1.82, 2.24) is 19.8 Å². The van der Waals surface area contributed by atoms with Crippen molar-refractivity contribution in [3.63, 3.8) is 0 Å². The normalized spacial score (nSPS) is 11.0. The number of aliphatic carboxylic acids is 1. The van der Waals surface area contributed by atoms with Gasteiger partial charge in [0.15, 0.2) is 0 Å². The van der Waals surface area contributed by atoms with Crippen LogP contribution in [0.5, 0.6) is 0 Å². The third-order valence-electron chi connectivity index (χ3n) is 5.37. The van der Waals surface area contributed by atoms with Gasteiger partial charge in [0.25, 0.3) is 11.8 Å². The van der Waals surface area contributed by atoms with E-state index in [9.17, 15) is 24.0 Å². The Bertz CT molecular complexity index is 1190. The monoisotopic (exact) mass is 546 g/mol.